The Morgan fingerprint density at radius 1 is 1.28 bits per heavy atom. The number of allylic oxidation sites excluding steroid dienone is 1. The molecule has 2 saturated heterocycles. The van der Waals surface area contributed by atoms with Crippen molar-refractivity contribution >= 4 is 5.91 Å². The zero-order valence-corrected chi connectivity index (χ0v) is 11.0. The van der Waals surface area contributed by atoms with Gasteiger partial charge in [0.05, 0.1) is 6.04 Å². The Kier molecular flexibility index (Phi) is 4.78. The van der Waals surface area contributed by atoms with Gasteiger partial charge in [-0.25, -0.2) is 0 Å². The fourth-order valence-electron chi connectivity index (χ4n) is 2.84. The number of amides is 1. The third-order valence-electron chi connectivity index (χ3n) is 4.24. The summed E-state index contributed by atoms with van der Waals surface area (Å²) in [7, 11) is 0. The lowest BCUT2D eigenvalue weighted by molar-refractivity contribution is -0.135. The first kappa shape index (κ1) is 13.6. The number of ether oxygens (including phenoxy) is 1. The maximum absolute atomic E-state index is 12.3. The zero-order chi connectivity index (χ0) is 13.0. The standard InChI is InChI=1S/C14H24N2O2/c1-2-11-3-7-16(8-4-11)14(17)13(15)12-5-9-18-10-6-12/h2,11-13H,1,3-10,15H2. The molecule has 2 N–H and O–H groups in total. The minimum Gasteiger partial charge on any atom is -0.381 e. The molecular weight excluding hydrogens is 228 g/mol. The van der Waals surface area contributed by atoms with E-state index in [0.717, 1.165) is 52.0 Å². The Labute approximate surface area is 109 Å². The van der Waals surface area contributed by atoms with Crippen molar-refractivity contribution in [3.8, 4) is 0 Å². The average Bonchev–Trinajstić information content (AvgIpc) is 2.47. The fraction of sp³-hybridized carbons (Fsp3) is 0.786. The van der Waals surface area contributed by atoms with E-state index < -0.39 is 0 Å². The summed E-state index contributed by atoms with van der Waals surface area (Å²) in [6.07, 6.45) is 5.87. The highest BCUT2D eigenvalue weighted by Gasteiger charge is 2.31. The first-order valence-corrected chi connectivity index (χ1v) is 6.97. The van der Waals surface area contributed by atoms with Gasteiger partial charge in [-0.3, -0.25) is 4.79 Å². The van der Waals surface area contributed by atoms with Crippen LogP contribution in [0.2, 0.25) is 0 Å². The summed E-state index contributed by atoms with van der Waals surface area (Å²) in [5, 5.41) is 0. The molecule has 2 aliphatic heterocycles. The van der Waals surface area contributed by atoms with E-state index in [1.54, 1.807) is 0 Å². The summed E-state index contributed by atoms with van der Waals surface area (Å²) in [6.45, 7) is 6.95. The third kappa shape index (κ3) is 3.12. The number of nitrogens with zero attached hydrogens (tertiary/aromatic N) is 1. The molecule has 102 valence electrons. The second-order valence-corrected chi connectivity index (χ2v) is 5.37. The maximum atomic E-state index is 12.3. The largest absolute Gasteiger partial charge is 0.381 e. The van der Waals surface area contributed by atoms with Crippen molar-refractivity contribution in [3.63, 3.8) is 0 Å². The molecule has 0 radical (unpaired) electrons. The number of hydrogen-bond donors (Lipinski definition) is 1. The van der Waals surface area contributed by atoms with E-state index in [4.69, 9.17) is 10.5 Å². The molecule has 4 heteroatoms. The minimum absolute atomic E-state index is 0.129. The number of rotatable bonds is 3. The van der Waals surface area contributed by atoms with Gasteiger partial charge in [0.1, 0.15) is 0 Å². The van der Waals surface area contributed by atoms with Gasteiger partial charge in [-0.05, 0) is 37.5 Å². The van der Waals surface area contributed by atoms with Gasteiger partial charge in [0.15, 0.2) is 0 Å². The number of carbonyl (C=O) groups excluding carboxylic acids is 1. The number of carbonyl (C=O) groups is 1. The molecule has 1 unspecified atom stereocenters. The van der Waals surface area contributed by atoms with E-state index in [9.17, 15) is 4.79 Å². The molecule has 0 bridgehead atoms. The molecule has 0 aromatic heterocycles. The number of hydrogen-bond acceptors (Lipinski definition) is 3. The van der Waals surface area contributed by atoms with Crippen LogP contribution in [0.5, 0.6) is 0 Å². The molecule has 2 aliphatic rings. The molecule has 0 aromatic carbocycles. The molecule has 18 heavy (non-hydrogen) atoms. The van der Waals surface area contributed by atoms with Crippen LogP contribution in [0.25, 0.3) is 0 Å². The van der Waals surface area contributed by atoms with Crippen LogP contribution in [0.3, 0.4) is 0 Å². The highest BCUT2D eigenvalue weighted by atomic mass is 16.5. The molecule has 0 aromatic rings. The predicted octanol–water partition coefficient (Wildman–Crippen LogP) is 1.16. The van der Waals surface area contributed by atoms with Crippen LogP contribution in [0.15, 0.2) is 12.7 Å². The molecule has 1 amide bonds. The summed E-state index contributed by atoms with van der Waals surface area (Å²) in [4.78, 5) is 14.3. The Balaban J connectivity index is 1.84. The molecular formula is C14H24N2O2. The lowest BCUT2D eigenvalue weighted by atomic mass is 9.90. The van der Waals surface area contributed by atoms with Crippen LogP contribution in [-0.4, -0.2) is 43.2 Å². The third-order valence-corrected chi connectivity index (χ3v) is 4.24. The summed E-state index contributed by atoms with van der Waals surface area (Å²) >= 11 is 0. The molecule has 2 fully saturated rings. The van der Waals surface area contributed by atoms with Crippen LogP contribution in [0, 0.1) is 11.8 Å². The summed E-state index contributed by atoms with van der Waals surface area (Å²) in [5.74, 6) is 0.987. The van der Waals surface area contributed by atoms with E-state index in [1.807, 2.05) is 11.0 Å². The predicted molar refractivity (Wildman–Crippen MR) is 71.0 cm³/mol. The number of piperidine rings is 1. The van der Waals surface area contributed by atoms with Gasteiger partial charge in [-0.1, -0.05) is 6.08 Å². The molecule has 2 heterocycles. The number of likely N-dealkylation sites (tertiary alicyclic amines) is 1. The summed E-state index contributed by atoms with van der Waals surface area (Å²) in [5.41, 5.74) is 6.12. The smallest absolute Gasteiger partial charge is 0.239 e. The second-order valence-electron chi connectivity index (χ2n) is 5.37. The van der Waals surface area contributed by atoms with Crippen LogP contribution in [0.4, 0.5) is 0 Å². The molecule has 0 aliphatic carbocycles. The van der Waals surface area contributed by atoms with Crippen LogP contribution < -0.4 is 5.73 Å². The highest BCUT2D eigenvalue weighted by molar-refractivity contribution is 5.82. The first-order valence-electron chi connectivity index (χ1n) is 6.97. The lowest BCUT2D eigenvalue weighted by Crippen LogP contribution is -2.51. The van der Waals surface area contributed by atoms with E-state index in [0.29, 0.717) is 11.8 Å². The Bertz CT molecular complexity index is 292. The molecule has 0 saturated carbocycles. The molecule has 2 rings (SSSR count). The van der Waals surface area contributed by atoms with Gasteiger partial charge in [-0.15, -0.1) is 6.58 Å². The van der Waals surface area contributed by atoms with E-state index in [1.165, 1.54) is 0 Å². The average molecular weight is 252 g/mol. The van der Waals surface area contributed by atoms with Crippen LogP contribution in [-0.2, 0) is 9.53 Å². The van der Waals surface area contributed by atoms with Gasteiger partial charge in [0.2, 0.25) is 5.91 Å². The van der Waals surface area contributed by atoms with Crippen molar-refractivity contribution in [2.45, 2.75) is 31.7 Å². The monoisotopic (exact) mass is 252 g/mol. The maximum Gasteiger partial charge on any atom is 0.239 e. The minimum atomic E-state index is -0.339. The SMILES string of the molecule is C=CC1CCN(C(=O)C(N)C2CCOCC2)CC1. The van der Waals surface area contributed by atoms with Gasteiger partial charge in [0.25, 0.3) is 0 Å². The first-order chi connectivity index (χ1) is 8.72. The highest BCUT2D eigenvalue weighted by Crippen LogP contribution is 2.22. The zero-order valence-electron chi connectivity index (χ0n) is 11.0. The molecule has 4 nitrogen and oxygen atoms in total. The second kappa shape index (κ2) is 6.34. The van der Waals surface area contributed by atoms with E-state index >= 15 is 0 Å². The molecule has 0 spiro atoms. The Morgan fingerprint density at radius 3 is 2.44 bits per heavy atom. The lowest BCUT2D eigenvalue weighted by Gasteiger charge is -2.35. The van der Waals surface area contributed by atoms with Crippen LogP contribution >= 0.6 is 0 Å². The van der Waals surface area contributed by atoms with Crippen molar-refractivity contribution < 1.29 is 9.53 Å². The van der Waals surface area contributed by atoms with Gasteiger partial charge in [0, 0.05) is 26.3 Å². The van der Waals surface area contributed by atoms with Gasteiger partial charge in [-0.2, -0.15) is 0 Å². The Morgan fingerprint density at radius 2 is 1.89 bits per heavy atom. The van der Waals surface area contributed by atoms with E-state index in [2.05, 4.69) is 6.58 Å². The van der Waals surface area contributed by atoms with E-state index in [-0.39, 0.29) is 11.9 Å². The summed E-state index contributed by atoms with van der Waals surface area (Å²) < 4.78 is 5.31. The number of nitrogens with two attached hydrogens (primary N) is 1. The molecule has 1 atom stereocenters. The summed E-state index contributed by atoms with van der Waals surface area (Å²) in [6, 6.07) is -0.339. The quantitative estimate of drug-likeness (QED) is 0.767. The van der Waals surface area contributed by atoms with Gasteiger partial charge < -0.3 is 15.4 Å². The van der Waals surface area contributed by atoms with Crippen molar-refractivity contribution in [1.29, 1.82) is 0 Å². The fourth-order valence-corrected chi connectivity index (χ4v) is 2.84. The van der Waals surface area contributed by atoms with Crippen molar-refractivity contribution in [3.05, 3.63) is 12.7 Å². The normalized spacial score (nSPS) is 24.8. The Hall–Kier alpha value is -0.870. The van der Waals surface area contributed by atoms with Crippen LogP contribution in [0.1, 0.15) is 25.7 Å². The van der Waals surface area contributed by atoms with Crippen molar-refractivity contribution in [2.24, 2.45) is 17.6 Å². The van der Waals surface area contributed by atoms with Gasteiger partial charge >= 0.3 is 0 Å². The van der Waals surface area contributed by atoms with Crippen molar-refractivity contribution in [2.75, 3.05) is 26.3 Å². The topological polar surface area (TPSA) is 55.6 Å². The van der Waals surface area contributed by atoms with Crippen molar-refractivity contribution in [1.82, 2.24) is 4.90 Å².